The van der Waals surface area contributed by atoms with Crippen LogP contribution in [-0.4, -0.2) is 28.6 Å². The van der Waals surface area contributed by atoms with Crippen molar-refractivity contribution in [2.24, 2.45) is 5.92 Å². The molecule has 1 saturated carbocycles. The molecule has 13 heavy (non-hydrogen) atoms. The highest BCUT2D eigenvalue weighted by molar-refractivity contribution is 4.85. The Balaban J connectivity index is 2.20. The largest absolute Gasteiger partial charge is 0.390 e. The summed E-state index contributed by atoms with van der Waals surface area (Å²) in [5.41, 5.74) is 0. The summed E-state index contributed by atoms with van der Waals surface area (Å²) < 4.78 is 35.1. The lowest BCUT2D eigenvalue weighted by atomic mass is 10.0. The SMILES string of the molecule is OC(CCC(F)(F)F)C(O)C1CC1. The van der Waals surface area contributed by atoms with Gasteiger partial charge >= 0.3 is 6.18 Å². The van der Waals surface area contributed by atoms with Gasteiger partial charge in [-0.25, -0.2) is 0 Å². The molecule has 0 saturated heterocycles. The Morgan fingerprint density at radius 3 is 2.15 bits per heavy atom. The van der Waals surface area contributed by atoms with E-state index in [2.05, 4.69) is 0 Å². The van der Waals surface area contributed by atoms with Crippen molar-refractivity contribution in [3.63, 3.8) is 0 Å². The molecule has 0 aromatic carbocycles. The van der Waals surface area contributed by atoms with Gasteiger partial charge in [0.2, 0.25) is 0 Å². The number of rotatable bonds is 4. The molecule has 0 amide bonds. The van der Waals surface area contributed by atoms with E-state index in [9.17, 15) is 18.3 Å². The molecule has 0 aromatic rings. The number of aliphatic hydroxyl groups is 2. The quantitative estimate of drug-likeness (QED) is 0.718. The Hall–Kier alpha value is -0.290. The lowest BCUT2D eigenvalue weighted by Gasteiger charge is -2.17. The van der Waals surface area contributed by atoms with Crippen LogP contribution in [0, 0.1) is 5.92 Å². The Bertz CT molecular complexity index is 165. The zero-order valence-corrected chi connectivity index (χ0v) is 7.09. The van der Waals surface area contributed by atoms with Crippen molar-refractivity contribution in [3.8, 4) is 0 Å². The predicted octanol–water partition coefficient (Wildman–Crippen LogP) is 1.46. The summed E-state index contributed by atoms with van der Waals surface area (Å²) in [5, 5.41) is 18.4. The van der Waals surface area contributed by atoms with Gasteiger partial charge in [0.05, 0.1) is 12.2 Å². The van der Waals surface area contributed by atoms with Gasteiger partial charge in [0.15, 0.2) is 0 Å². The van der Waals surface area contributed by atoms with Gasteiger partial charge in [-0.2, -0.15) is 13.2 Å². The minimum absolute atomic E-state index is 0.0169. The Kier molecular flexibility index (Phi) is 3.18. The van der Waals surface area contributed by atoms with Crippen molar-refractivity contribution in [1.29, 1.82) is 0 Å². The van der Waals surface area contributed by atoms with Crippen LogP contribution in [0.5, 0.6) is 0 Å². The van der Waals surface area contributed by atoms with Crippen molar-refractivity contribution in [1.82, 2.24) is 0 Å². The second-order valence-electron chi connectivity index (χ2n) is 3.55. The molecule has 5 heteroatoms. The molecule has 2 unspecified atom stereocenters. The van der Waals surface area contributed by atoms with Gasteiger partial charge < -0.3 is 10.2 Å². The van der Waals surface area contributed by atoms with Crippen LogP contribution in [0.3, 0.4) is 0 Å². The molecule has 2 nitrogen and oxygen atoms in total. The summed E-state index contributed by atoms with van der Waals surface area (Å²) in [4.78, 5) is 0. The number of aliphatic hydroxyl groups excluding tert-OH is 2. The Morgan fingerprint density at radius 2 is 1.77 bits per heavy atom. The van der Waals surface area contributed by atoms with Gasteiger partial charge in [0, 0.05) is 6.42 Å². The zero-order valence-electron chi connectivity index (χ0n) is 7.09. The molecule has 0 aromatic heterocycles. The number of alkyl halides is 3. The Morgan fingerprint density at radius 1 is 1.23 bits per heavy atom. The van der Waals surface area contributed by atoms with Gasteiger partial charge in [-0.05, 0) is 25.2 Å². The summed E-state index contributed by atoms with van der Waals surface area (Å²) in [5.74, 6) is 0.0169. The summed E-state index contributed by atoms with van der Waals surface area (Å²) in [6.07, 6.45) is -6.26. The first-order valence-electron chi connectivity index (χ1n) is 4.33. The monoisotopic (exact) mass is 198 g/mol. The van der Waals surface area contributed by atoms with E-state index in [0.717, 1.165) is 12.8 Å². The van der Waals surface area contributed by atoms with E-state index in [4.69, 9.17) is 5.11 Å². The molecule has 2 N–H and O–H groups in total. The normalized spacial score (nSPS) is 22.8. The van der Waals surface area contributed by atoms with E-state index in [1.54, 1.807) is 0 Å². The maximum absolute atomic E-state index is 11.7. The molecule has 1 rings (SSSR count). The lowest BCUT2D eigenvalue weighted by Crippen LogP contribution is -2.29. The molecule has 0 aliphatic heterocycles. The van der Waals surface area contributed by atoms with Crippen LogP contribution in [0.1, 0.15) is 25.7 Å². The second kappa shape index (κ2) is 3.84. The second-order valence-corrected chi connectivity index (χ2v) is 3.55. The highest BCUT2D eigenvalue weighted by Crippen LogP contribution is 2.35. The van der Waals surface area contributed by atoms with Crippen LogP contribution in [0.15, 0.2) is 0 Å². The summed E-state index contributed by atoms with van der Waals surface area (Å²) in [7, 11) is 0. The molecule has 0 spiro atoms. The third-order valence-electron chi connectivity index (χ3n) is 2.22. The first-order valence-corrected chi connectivity index (χ1v) is 4.33. The van der Waals surface area contributed by atoms with Gasteiger partial charge in [-0.15, -0.1) is 0 Å². The molecule has 0 bridgehead atoms. The van der Waals surface area contributed by atoms with Crippen LogP contribution < -0.4 is 0 Å². The van der Waals surface area contributed by atoms with Crippen molar-refractivity contribution < 1.29 is 23.4 Å². The van der Waals surface area contributed by atoms with Crippen LogP contribution >= 0.6 is 0 Å². The van der Waals surface area contributed by atoms with Crippen LogP contribution in [-0.2, 0) is 0 Å². The fraction of sp³-hybridized carbons (Fsp3) is 1.00. The smallest absolute Gasteiger partial charge is 0.389 e. The summed E-state index contributed by atoms with van der Waals surface area (Å²) in [6, 6.07) is 0. The number of hydrogen-bond acceptors (Lipinski definition) is 2. The van der Waals surface area contributed by atoms with Crippen LogP contribution in [0.25, 0.3) is 0 Å². The highest BCUT2D eigenvalue weighted by Gasteiger charge is 2.36. The average Bonchev–Trinajstić information content (AvgIpc) is 2.79. The van der Waals surface area contributed by atoms with E-state index in [1.807, 2.05) is 0 Å². The third-order valence-corrected chi connectivity index (χ3v) is 2.22. The highest BCUT2D eigenvalue weighted by atomic mass is 19.4. The standard InChI is InChI=1S/C8H13F3O2/c9-8(10,11)4-3-6(12)7(13)5-1-2-5/h5-7,12-13H,1-4H2. The van der Waals surface area contributed by atoms with Crippen molar-refractivity contribution in [3.05, 3.63) is 0 Å². The van der Waals surface area contributed by atoms with Crippen molar-refractivity contribution in [2.45, 2.75) is 44.1 Å². The maximum atomic E-state index is 11.7. The zero-order chi connectivity index (χ0) is 10.1. The molecule has 0 radical (unpaired) electrons. The fourth-order valence-electron chi connectivity index (χ4n) is 1.23. The van der Waals surface area contributed by atoms with Crippen LogP contribution in [0.4, 0.5) is 13.2 Å². The molecule has 1 fully saturated rings. The first kappa shape index (κ1) is 10.8. The predicted molar refractivity (Wildman–Crippen MR) is 40.0 cm³/mol. The number of hydrogen-bond donors (Lipinski definition) is 2. The molecule has 2 atom stereocenters. The summed E-state index contributed by atoms with van der Waals surface area (Å²) in [6.45, 7) is 0. The molecular weight excluding hydrogens is 185 g/mol. The lowest BCUT2D eigenvalue weighted by molar-refractivity contribution is -0.143. The van der Waals surface area contributed by atoms with E-state index < -0.39 is 31.2 Å². The topological polar surface area (TPSA) is 40.5 Å². The molecule has 0 heterocycles. The maximum Gasteiger partial charge on any atom is 0.389 e. The van der Waals surface area contributed by atoms with Crippen LogP contribution in [0.2, 0.25) is 0 Å². The fourth-order valence-corrected chi connectivity index (χ4v) is 1.23. The third kappa shape index (κ3) is 3.95. The van der Waals surface area contributed by atoms with Gasteiger partial charge in [-0.1, -0.05) is 0 Å². The molecule has 1 aliphatic carbocycles. The van der Waals surface area contributed by atoms with Gasteiger partial charge in [-0.3, -0.25) is 0 Å². The van der Waals surface area contributed by atoms with E-state index in [-0.39, 0.29) is 5.92 Å². The molecular formula is C8H13F3O2. The minimum atomic E-state index is -4.25. The van der Waals surface area contributed by atoms with E-state index in [0.29, 0.717) is 0 Å². The average molecular weight is 198 g/mol. The Labute approximate surface area is 74.4 Å². The van der Waals surface area contributed by atoms with E-state index in [1.165, 1.54) is 0 Å². The van der Waals surface area contributed by atoms with E-state index >= 15 is 0 Å². The van der Waals surface area contributed by atoms with Gasteiger partial charge in [0.1, 0.15) is 0 Å². The number of halogens is 3. The minimum Gasteiger partial charge on any atom is -0.390 e. The molecule has 78 valence electrons. The van der Waals surface area contributed by atoms with Crippen molar-refractivity contribution in [2.75, 3.05) is 0 Å². The van der Waals surface area contributed by atoms with Gasteiger partial charge in [0.25, 0.3) is 0 Å². The first-order chi connectivity index (χ1) is 5.90. The van der Waals surface area contributed by atoms with Crippen molar-refractivity contribution >= 4 is 0 Å². The summed E-state index contributed by atoms with van der Waals surface area (Å²) >= 11 is 0. The molecule has 1 aliphatic rings.